The van der Waals surface area contributed by atoms with Crippen LogP contribution in [-0.2, 0) is 0 Å². The molecule has 0 aromatic rings. The van der Waals surface area contributed by atoms with E-state index < -0.39 is 0 Å². The van der Waals surface area contributed by atoms with E-state index in [0.29, 0.717) is 12.0 Å². The molecule has 0 saturated heterocycles. The second kappa shape index (κ2) is 7.54. The van der Waals surface area contributed by atoms with Crippen LogP contribution in [0.5, 0.6) is 0 Å². The van der Waals surface area contributed by atoms with Gasteiger partial charge in [-0.2, -0.15) is 0 Å². The molecular formula is C13H28N4. The molecule has 17 heavy (non-hydrogen) atoms. The van der Waals surface area contributed by atoms with Crippen LogP contribution in [-0.4, -0.2) is 30.0 Å². The zero-order valence-corrected chi connectivity index (χ0v) is 11.6. The van der Waals surface area contributed by atoms with Gasteiger partial charge in [0.2, 0.25) is 5.96 Å². The smallest absolute Gasteiger partial charge is 0.208 e. The van der Waals surface area contributed by atoms with Gasteiger partial charge in [-0.15, -0.1) is 0 Å². The van der Waals surface area contributed by atoms with Crippen molar-refractivity contribution in [1.82, 2.24) is 10.3 Å². The topological polar surface area (TPSA) is 53.6 Å². The maximum Gasteiger partial charge on any atom is 0.208 e. The number of aliphatic imine (C=N–C) groups is 1. The van der Waals surface area contributed by atoms with E-state index in [-0.39, 0.29) is 0 Å². The largest absolute Gasteiger partial charge is 0.342 e. The molecule has 3 N–H and O–H groups in total. The van der Waals surface area contributed by atoms with Crippen molar-refractivity contribution >= 4 is 5.96 Å². The summed E-state index contributed by atoms with van der Waals surface area (Å²) in [5.41, 5.74) is 2.79. The van der Waals surface area contributed by atoms with Gasteiger partial charge < -0.3 is 4.90 Å². The lowest BCUT2D eigenvalue weighted by Crippen LogP contribution is -2.46. The molecule has 0 aromatic heterocycles. The minimum Gasteiger partial charge on any atom is -0.342 e. The summed E-state index contributed by atoms with van der Waals surface area (Å²) >= 11 is 0. The zero-order valence-electron chi connectivity index (χ0n) is 11.6. The number of rotatable bonds is 5. The Morgan fingerprint density at radius 2 is 2.06 bits per heavy atom. The Morgan fingerprint density at radius 3 is 2.53 bits per heavy atom. The van der Waals surface area contributed by atoms with Crippen LogP contribution >= 0.6 is 0 Å². The average Bonchev–Trinajstić information content (AvgIpc) is 2.85. The van der Waals surface area contributed by atoms with Gasteiger partial charge >= 0.3 is 0 Å². The number of nitrogens with one attached hydrogen (secondary N) is 1. The molecule has 4 heteroatoms. The van der Waals surface area contributed by atoms with E-state index in [1.807, 2.05) is 0 Å². The van der Waals surface area contributed by atoms with Crippen LogP contribution in [0.15, 0.2) is 4.99 Å². The van der Waals surface area contributed by atoms with E-state index in [0.717, 1.165) is 19.0 Å². The van der Waals surface area contributed by atoms with Crippen LogP contribution in [0.4, 0.5) is 0 Å². The van der Waals surface area contributed by atoms with Gasteiger partial charge in [-0.3, -0.25) is 5.43 Å². The minimum absolute atomic E-state index is 0.479. The first-order valence-corrected chi connectivity index (χ1v) is 7.00. The van der Waals surface area contributed by atoms with Crippen molar-refractivity contribution in [1.29, 1.82) is 0 Å². The van der Waals surface area contributed by atoms with E-state index in [1.54, 1.807) is 0 Å². The van der Waals surface area contributed by atoms with Gasteiger partial charge in [0, 0.05) is 13.1 Å². The molecule has 1 fully saturated rings. The molecule has 0 aromatic carbocycles. The Bertz CT molecular complexity index is 234. The molecule has 0 radical (unpaired) electrons. The van der Waals surface area contributed by atoms with Gasteiger partial charge in [-0.05, 0) is 25.7 Å². The third-order valence-corrected chi connectivity index (χ3v) is 3.67. The summed E-state index contributed by atoms with van der Waals surface area (Å²) in [6, 6.07) is 0.479. The van der Waals surface area contributed by atoms with Gasteiger partial charge in [0.1, 0.15) is 0 Å². The summed E-state index contributed by atoms with van der Waals surface area (Å²) in [4.78, 5) is 7.02. The third-order valence-electron chi connectivity index (χ3n) is 3.67. The van der Waals surface area contributed by atoms with E-state index >= 15 is 0 Å². The molecule has 0 aliphatic heterocycles. The van der Waals surface area contributed by atoms with Crippen molar-refractivity contribution in [2.24, 2.45) is 16.8 Å². The molecule has 1 aliphatic carbocycles. The lowest BCUT2D eigenvalue weighted by Gasteiger charge is -2.27. The van der Waals surface area contributed by atoms with Crippen molar-refractivity contribution in [2.75, 3.05) is 13.1 Å². The predicted molar refractivity (Wildman–Crippen MR) is 73.7 cm³/mol. The highest BCUT2D eigenvalue weighted by Gasteiger charge is 2.17. The molecule has 0 bridgehead atoms. The number of hydrogen-bond donors (Lipinski definition) is 2. The van der Waals surface area contributed by atoms with Gasteiger partial charge in [-0.25, -0.2) is 10.8 Å². The Morgan fingerprint density at radius 1 is 1.41 bits per heavy atom. The molecular weight excluding hydrogens is 212 g/mol. The first-order valence-electron chi connectivity index (χ1n) is 7.00. The second-order valence-electron chi connectivity index (χ2n) is 5.09. The fourth-order valence-corrected chi connectivity index (χ4v) is 2.29. The van der Waals surface area contributed by atoms with E-state index in [2.05, 4.69) is 31.1 Å². The molecule has 4 nitrogen and oxygen atoms in total. The number of guanidine groups is 1. The SMILES string of the molecule is CCC(C)CN(CC)C(=NC1CCCC1)NN. The highest BCUT2D eigenvalue weighted by atomic mass is 15.4. The Balaban J connectivity index is 2.61. The van der Waals surface area contributed by atoms with Crippen molar-refractivity contribution in [3.63, 3.8) is 0 Å². The predicted octanol–water partition coefficient (Wildman–Crippen LogP) is 2.12. The van der Waals surface area contributed by atoms with Crippen LogP contribution in [0, 0.1) is 5.92 Å². The fraction of sp³-hybridized carbons (Fsp3) is 0.923. The van der Waals surface area contributed by atoms with Gasteiger partial charge in [0.25, 0.3) is 0 Å². The standard InChI is InChI=1S/C13H28N4/c1-4-11(3)10-17(5-2)13(16-14)15-12-8-6-7-9-12/h11-12H,4-10,14H2,1-3H3,(H,15,16). The van der Waals surface area contributed by atoms with Crippen molar-refractivity contribution in [2.45, 2.75) is 58.9 Å². The van der Waals surface area contributed by atoms with E-state index in [9.17, 15) is 0 Å². The second-order valence-corrected chi connectivity index (χ2v) is 5.09. The van der Waals surface area contributed by atoms with Gasteiger partial charge in [0.15, 0.2) is 0 Å². The molecule has 0 spiro atoms. The zero-order chi connectivity index (χ0) is 12.7. The third kappa shape index (κ3) is 4.54. The normalized spacial score (nSPS) is 19.4. The van der Waals surface area contributed by atoms with E-state index in [4.69, 9.17) is 10.8 Å². The molecule has 1 saturated carbocycles. The van der Waals surface area contributed by atoms with Gasteiger partial charge in [-0.1, -0.05) is 33.1 Å². The number of hydrogen-bond acceptors (Lipinski definition) is 2. The summed E-state index contributed by atoms with van der Waals surface area (Å²) in [5.74, 6) is 7.17. The van der Waals surface area contributed by atoms with Crippen LogP contribution in [0.1, 0.15) is 52.9 Å². The number of nitrogens with zero attached hydrogens (tertiary/aromatic N) is 2. The Labute approximate surface area is 106 Å². The van der Waals surface area contributed by atoms with Crippen LogP contribution in [0.2, 0.25) is 0 Å². The molecule has 0 heterocycles. The molecule has 100 valence electrons. The summed E-state index contributed by atoms with van der Waals surface area (Å²) in [6.45, 7) is 8.64. The maximum atomic E-state index is 5.62. The van der Waals surface area contributed by atoms with Crippen molar-refractivity contribution in [3.8, 4) is 0 Å². The lowest BCUT2D eigenvalue weighted by atomic mass is 10.1. The maximum absolute atomic E-state index is 5.62. The monoisotopic (exact) mass is 240 g/mol. The molecule has 1 atom stereocenters. The highest BCUT2D eigenvalue weighted by molar-refractivity contribution is 5.79. The molecule has 0 amide bonds. The minimum atomic E-state index is 0.479. The summed E-state index contributed by atoms with van der Waals surface area (Å²) in [6.07, 6.45) is 6.24. The summed E-state index contributed by atoms with van der Waals surface area (Å²) < 4.78 is 0. The summed E-state index contributed by atoms with van der Waals surface area (Å²) in [5, 5.41) is 0. The van der Waals surface area contributed by atoms with Gasteiger partial charge in [0.05, 0.1) is 6.04 Å². The van der Waals surface area contributed by atoms with Crippen LogP contribution in [0.3, 0.4) is 0 Å². The molecule has 1 unspecified atom stereocenters. The molecule has 1 rings (SSSR count). The molecule has 1 aliphatic rings. The number of hydrazine groups is 1. The fourth-order valence-electron chi connectivity index (χ4n) is 2.29. The average molecular weight is 240 g/mol. The Hall–Kier alpha value is -0.770. The number of nitrogens with two attached hydrogens (primary N) is 1. The quantitative estimate of drug-likeness (QED) is 0.335. The summed E-state index contributed by atoms with van der Waals surface area (Å²) in [7, 11) is 0. The highest BCUT2D eigenvalue weighted by Crippen LogP contribution is 2.21. The van der Waals surface area contributed by atoms with Crippen LogP contribution in [0.25, 0.3) is 0 Å². The van der Waals surface area contributed by atoms with Crippen molar-refractivity contribution < 1.29 is 0 Å². The van der Waals surface area contributed by atoms with Crippen molar-refractivity contribution in [3.05, 3.63) is 0 Å². The first-order chi connectivity index (χ1) is 8.21. The first kappa shape index (κ1) is 14.3. The van der Waals surface area contributed by atoms with Crippen LogP contribution < -0.4 is 11.3 Å². The van der Waals surface area contributed by atoms with E-state index in [1.165, 1.54) is 32.1 Å². The Kier molecular flexibility index (Phi) is 6.34. The lowest BCUT2D eigenvalue weighted by molar-refractivity contribution is 0.347.